The Morgan fingerprint density at radius 3 is 2.35 bits per heavy atom. The molecular formula is C20H32. The molecule has 0 saturated heterocycles. The van der Waals surface area contributed by atoms with Crippen LogP contribution in [0.3, 0.4) is 0 Å². The van der Waals surface area contributed by atoms with Crippen molar-refractivity contribution in [3.05, 3.63) is 34.9 Å². The minimum Gasteiger partial charge on any atom is -0.0628 e. The van der Waals surface area contributed by atoms with Gasteiger partial charge in [0.1, 0.15) is 0 Å². The van der Waals surface area contributed by atoms with Crippen molar-refractivity contribution < 1.29 is 0 Å². The van der Waals surface area contributed by atoms with Gasteiger partial charge in [0.05, 0.1) is 0 Å². The van der Waals surface area contributed by atoms with Crippen LogP contribution in [-0.4, -0.2) is 0 Å². The maximum atomic E-state index is 2.47. The molecule has 2 rings (SSSR count). The molecule has 0 aliphatic heterocycles. The van der Waals surface area contributed by atoms with E-state index in [-0.39, 0.29) is 0 Å². The van der Waals surface area contributed by atoms with E-state index in [4.69, 9.17) is 0 Å². The van der Waals surface area contributed by atoms with E-state index >= 15 is 0 Å². The monoisotopic (exact) mass is 272 g/mol. The summed E-state index contributed by atoms with van der Waals surface area (Å²) in [6.07, 6.45) is 3.93. The van der Waals surface area contributed by atoms with Crippen LogP contribution in [0, 0.1) is 30.6 Å². The maximum Gasteiger partial charge on any atom is -0.0128 e. The van der Waals surface area contributed by atoms with Gasteiger partial charge in [-0.15, -0.1) is 0 Å². The number of hydrogen-bond donors (Lipinski definition) is 0. The first-order valence-electron chi connectivity index (χ1n) is 8.49. The standard InChI is InChI=1S/C20H32/c1-13(2)7-9-18-10-8-14(3)11-20(18)19-12-15(4)16(5)17(19)6/h8,10-11,13,15-17,19H,7,9,12H2,1-6H3. The van der Waals surface area contributed by atoms with Gasteiger partial charge < -0.3 is 0 Å². The Morgan fingerprint density at radius 1 is 1.10 bits per heavy atom. The van der Waals surface area contributed by atoms with Crippen LogP contribution in [0.1, 0.15) is 70.1 Å². The largest absolute Gasteiger partial charge is 0.0628 e. The normalized spacial score (nSPS) is 30.1. The Kier molecular flexibility index (Phi) is 4.94. The van der Waals surface area contributed by atoms with Crippen LogP contribution in [0.15, 0.2) is 18.2 Å². The Labute approximate surface area is 126 Å². The highest BCUT2D eigenvalue weighted by Gasteiger charge is 2.36. The molecule has 1 aromatic rings. The van der Waals surface area contributed by atoms with Crippen molar-refractivity contribution in [3.8, 4) is 0 Å². The zero-order valence-electron chi connectivity index (χ0n) is 14.2. The Bertz CT molecular complexity index is 443. The van der Waals surface area contributed by atoms with E-state index in [2.05, 4.69) is 59.7 Å². The van der Waals surface area contributed by atoms with Crippen LogP contribution >= 0.6 is 0 Å². The topological polar surface area (TPSA) is 0 Å². The fourth-order valence-electron chi connectivity index (χ4n) is 3.86. The van der Waals surface area contributed by atoms with E-state index in [0.29, 0.717) is 0 Å². The van der Waals surface area contributed by atoms with E-state index in [9.17, 15) is 0 Å². The molecule has 1 fully saturated rings. The van der Waals surface area contributed by atoms with Gasteiger partial charge in [0, 0.05) is 0 Å². The predicted molar refractivity (Wildman–Crippen MR) is 89.2 cm³/mol. The number of benzene rings is 1. The summed E-state index contributed by atoms with van der Waals surface area (Å²) in [6, 6.07) is 7.17. The second-order valence-corrected chi connectivity index (χ2v) is 7.67. The summed E-state index contributed by atoms with van der Waals surface area (Å²) in [4.78, 5) is 0. The average molecular weight is 272 g/mol. The molecule has 0 radical (unpaired) electrons. The first-order valence-corrected chi connectivity index (χ1v) is 8.49. The summed E-state index contributed by atoms with van der Waals surface area (Å²) in [5.74, 6) is 4.13. The molecule has 4 atom stereocenters. The molecule has 0 nitrogen and oxygen atoms in total. The molecule has 20 heavy (non-hydrogen) atoms. The summed E-state index contributed by atoms with van der Waals surface area (Å²) >= 11 is 0. The van der Waals surface area contributed by atoms with Gasteiger partial charge in [-0.2, -0.15) is 0 Å². The van der Waals surface area contributed by atoms with Gasteiger partial charge in [0.2, 0.25) is 0 Å². The molecular weight excluding hydrogens is 240 g/mol. The van der Waals surface area contributed by atoms with E-state index in [1.54, 1.807) is 11.1 Å². The van der Waals surface area contributed by atoms with Gasteiger partial charge in [0.15, 0.2) is 0 Å². The van der Waals surface area contributed by atoms with Crippen LogP contribution in [0.5, 0.6) is 0 Å². The molecule has 1 aliphatic rings. The molecule has 0 spiro atoms. The van der Waals surface area contributed by atoms with Gasteiger partial charge in [-0.3, -0.25) is 0 Å². The second kappa shape index (κ2) is 6.33. The third-order valence-corrected chi connectivity index (χ3v) is 5.68. The van der Waals surface area contributed by atoms with Gasteiger partial charge in [0.25, 0.3) is 0 Å². The van der Waals surface area contributed by atoms with Crippen molar-refractivity contribution in [2.24, 2.45) is 23.7 Å². The summed E-state index contributed by atoms with van der Waals surface area (Å²) in [5, 5.41) is 0. The van der Waals surface area contributed by atoms with Crippen LogP contribution in [0.25, 0.3) is 0 Å². The van der Waals surface area contributed by atoms with Crippen molar-refractivity contribution in [3.63, 3.8) is 0 Å². The first-order chi connectivity index (χ1) is 9.40. The lowest BCUT2D eigenvalue weighted by atomic mass is 9.82. The van der Waals surface area contributed by atoms with E-state index < -0.39 is 0 Å². The lowest BCUT2D eigenvalue weighted by Gasteiger charge is -2.22. The quantitative estimate of drug-likeness (QED) is 0.632. The Balaban J connectivity index is 2.27. The molecule has 0 heteroatoms. The van der Waals surface area contributed by atoms with Crippen molar-refractivity contribution in [1.82, 2.24) is 0 Å². The average Bonchev–Trinajstić information content (AvgIpc) is 2.65. The van der Waals surface area contributed by atoms with Gasteiger partial charge in [-0.05, 0) is 66.9 Å². The zero-order valence-corrected chi connectivity index (χ0v) is 14.2. The van der Waals surface area contributed by atoms with Crippen LogP contribution < -0.4 is 0 Å². The van der Waals surface area contributed by atoms with E-state index in [0.717, 1.165) is 29.6 Å². The van der Waals surface area contributed by atoms with Gasteiger partial charge >= 0.3 is 0 Å². The highest BCUT2D eigenvalue weighted by Crippen LogP contribution is 2.47. The number of aryl methyl sites for hydroxylation is 2. The molecule has 1 saturated carbocycles. The first kappa shape index (κ1) is 15.6. The van der Waals surface area contributed by atoms with Crippen molar-refractivity contribution in [2.45, 2.75) is 66.7 Å². The minimum atomic E-state index is 0.780. The molecule has 0 aromatic heterocycles. The smallest absolute Gasteiger partial charge is 0.0128 e. The highest BCUT2D eigenvalue weighted by molar-refractivity contribution is 5.35. The third kappa shape index (κ3) is 3.27. The van der Waals surface area contributed by atoms with Crippen LogP contribution in [0.4, 0.5) is 0 Å². The fourth-order valence-corrected chi connectivity index (χ4v) is 3.86. The molecule has 112 valence electrons. The molecule has 0 amide bonds. The zero-order chi connectivity index (χ0) is 14.9. The summed E-state index contributed by atoms with van der Waals surface area (Å²) < 4.78 is 0. The number of hydrogen-bond acceptors (Lipinski definition) is 0. The van der Waals surface area contributed by atoms with Crippen molar-refractivity contribution >= 4 is 0 Å². The molecule has 4 unspecified atom stereocenters. The summed E-state index contributed by atoms with van der Waals surface area (Å²) in [6.45, 7) is 14.2. The summed E-state index contributed by atoms with van der Waals surface area (Å²) in [7, 11) is 0. The van der Waals surface area contributed by atoms with Crippen LogP contribution in [-0.2, 0) is 6.42 Å². The minimum absolute atomic E-state index is 0.780. The molecule has 0 heterocycles. The summed E-state index contributed by atoms with van der Waals surface area (Å²) in [5.41, 5.74) is 4.70. The molecule has 0 bridgehead atoms. The molecule has 1 aliphatic carbocycles. The van der Waals surface area contributed by atoms with E-state index in [1.165, 1.54) is 24.8 Å². The lowest BCUT2D eigenvalue weighted by molar-refractivity contribution is 0.369. The molecule has 0 N–H and O–H groups in total. The second-order valence-electron chi connectivity index (χ2n) is 7.67. The lowest BCUT2D eigenvalue weighted by Crippen LogP contribution is -2.11. The molecule has 1 aromatic carbocycles. The fraction of sp³-hybridized carbons (Fsp3) is 0.700. The predicted octanol–water partition coefficient (Wildman–Crippen LogP) is 5.98. The Hall–Kier alpha value is -0.780. The van der Waals surface area contributed by atoms with Crippen molar-refractivity contribution in [2.75, 3.05) is 0 Å². The maximum absolute atomic E-state index is 2.47. The van der Waals surface area contributed by atoms with Crippen molar-refractivity contribution in [1.29, 1.82) is 0 Å². The van der Waals surface area contributed by atoms with Gasteiger partial charge in [-0.1, -0.05) is 58.4 Å². The third-order valence-electron chi connectivity index (χ3n) is 5.68. The van der Waals surface area contributed by atoms with Gasteiger partial charge in [-0.25, -0.2) is 0 Å². The van der Waals surface area contributed by atoms with E-state index in [1.807, 2.05) is 0 Å². The number of rotatable bonds is 4. The Morgan fingerprint density at radius 2 is 1.80 bits per heavy atom. The van der Waals surface area contributed by atoms with Crippen LogP contribution in [0.2, 0.25) is 0 Å². The highest BCUT2D eigenvalue weighted by atomic mass is 14.4. The SMILES string of the molecule is Cc1ccc(CCC(C)C)c(C2CC(C)C(C)C2C)c1.